The molecular formula is C32H33ClFN5O2. The van der Waals surface area contributed by atoms with Crippen LogP contribution in [0.25, 0.3) is 16.6 Å². The molecule has 0 bridgehead atoms. The Morgan fingerprint density at radius 1 is 1.00 bits per heavy atom. The lowest BCUT2D eigenvalue weighted by Crippen LogP contribution is -2.22. The molecule has 2 aromatic heterocycles. The normalized spacial score (nSPS) is 11.4. The summed E-state index contributed by atoms with van der Waals surface area (Å²) in [5.41, 5.74) is 5.58. The Labute approximate surface area is 244 Å². The summed E-state index contributed by atoms with van der Waals surface area (Å²) in [5, 5.41) is 14.3. The zero-order chi connectivity index (χ0) is 28.8. The second kappa shape index (κ2) is 13.1. The first-order valence-electron chi connectivity index (χ1n) is 13.7. The lowest BCUT2D eigenvalue weighted by molar-refractivity contribution is 0.288. The number of ether oxygens (including phenoxy) is 1. The van der Waals surface area contributed by atoms with E-state index in [0.29, 0.717) is 23.0 Å². The fraction of sp³-hybridized carbons (Fsp3) is 0.250. The quantitative estimate of drug-likeness (QED) is 0.169. The van der Waals surface area contributed by atoms with E-state index in [1.807, 2.05) is 18.2 Å². The van der Waals surface area contributed by atoms with Gasteiger partial charge in [-0.2, -0.15) is 0 Å². The van der Waals surface area contributed by atoms with Gasteiger partial charge in [0.1, 0.15) is 30.3 Å². The Bertz CT molecular complexity index is 1640. The highest BCUT2D eigenvalue weighted by Gasteiger charge is 2.13. The molecule has 5 aromatic rings. The number of aliphatic hydroxyl groups excluding tert-OH is 1. The maximum absolute atomic E-state index is 13.5. The summed E-state index contributed by atoms with van der Waals surface area (Å²) in [6.45, 7) is 7.39. The molecule has 0 amide bonds. The average Bonchev–Trinajstić information content (AvgIpc) is 3.38. The van der Waals surface area contributed by atoms with E-state index in [2.05, 4.69) is 57.1 Å². The minimum Gasteiger partial charge on any atom is -0.487 e. The highest BCUT2D eigenvalue weighted by molar-refractivity contribution is 6.32. The zero-order valence-corrected chi connectivity index (χ0v) is 23.9. The topological polar surface area (TPSA) is 75.4 Å². The smallest absolute Gasteiger partial charge is 0.141 e. The van der Waals surface area contributed by atoms with Crippen molar-refractivity contribution >= 4 is 34.0 Å². The van der Waals surface area contributed by atoms with Gasteiger partial charge in [-0.1, -0.05) is 37.6 Å². The molecule has 9 heteroatoms. The molecule has 212 valence electrons. The first-order chi connectivity index (χ1) is 20.0. The highest BCUT2D eigenvalue weighted by atomic mass is 35.5. The van der Waals surface area contributed by atoms with Crippen LogP contribution in [0.15, 0.2) is 79.4 Å². The Balaban J connectivity index is 1.38. The fourth-order valence-corrected chi connectivity index (χ4v) is 5.02. The zero-order valence-electron chi connectivity index (χ0n) is 23.1. The Hall–Kier alpha value is -3.98. The van der Waals surface area contributed by atoms with Crippen LogP contribution in [0.4, 0.5) is 15.9 Å². The van der Waals surface area contributed by atoms with Gasteiger partial charge < -0.3 is 19.7 Å². The molecule has 0 spiro atoms. The van der Waals surface area contributed by atoms with E-state index in [4.69, 9.17) is 16.3 Å². The maximum Gasteiger partial charge on any atom is 0.141 e. The number of hydrogen-bond acceptors (Lipinski definition) is 6. The molecular weight excluding hydrogens is 541 g/mol. The number of nitrogens with zero attached hydrogens (tertiary/aromatic N) is 4. The van der Waals surface area contributed by atoms with Gasteiger partial charge in [-0.15, -0.1) is 0 Å². The minimum absolute atomic E-state index is 0.103. The van der Waals surface area contributed by atoms with E-state index >= 15 is 0 Å². The molecule has 5 rings (SSSR count). The molecule has 0 aliphatic carbocycles. The third kappa shape index (κ3) is 6.85. The van der Waals surface area contributed by atoms with Crippen LogP contribution in [-0.2, 0) is 19.6 Å². The SMILES string of the molecule is CCN(CC)Cc1cn(-c2ccc3ncnc(Nc4ccc(OCc5cccc(F)c5)c(Cl)c4)c3c2)cc1CCO. The van der Waals surface area contributed by atoms with Gasteiger partial charge in [0.2, 0.25) is 0 Å². The summed E-state index contributed by atoms with van der Waals surface area (Å²) in [7, 11) is 0. The fourth-order valence-electron chi connectivity index (χ4n) is 4.79. The van der Waals surface area contributed by atoms with Gasteiger partial charge in [-0.3, -0.25) is 4.90 Å². The van der Waals surface area contributed by atoms with Gasteiger partial charge in [0.15, 0.2) is 0 Å². The van der Waals surface area contributed by atoms with Gasteiger partial charge >= 0.3 is 0 Å². The van der Waals surface area contributed by atoms with E-state index in [-0.39, 0.29) is 19.0 Å². The van der Waals surface area contributed by atoms with E-state index in [1.54, 1.807) is 24.3 Å². The molecule has 7 nitrogen and oxygen atoms in total. The van der Waals surface area contributed by atoms with Crippen molar-refractivity contribution in [3.8, 4) is 11.4 Å². The number of hydrogen-bond donors (Lipinski definition) is 2. The second-order valence-corrected chi connectivity index (χ2v) is 10.2. The molecule has 0 atom stereocenters. The van der Waals surface area contributed by atoms with Crippen LogP contribution in [0.1, 0.15) is 30.5 Å². The molecule has 0 fully saturated rings. The molecule has 0 aliphatic rings. The molecule has 0 saturated carbocycles. The molecule has 0 radical (unpaired) electrons. The number of halogens is 2. The number of fused-ring (bicyclic) bond motifs is 1. The summed E-state index contributed by atoms with van der Waals surface area (Å²) >= 11 is 6.52. The van der Waals surface area contributed by atoms with E-state index in [1.165, 1.54) is 24.0 Å². The molecule has 0 aliphatic heterocycles. The van der Waals surface area contributed by atoms with E-state index in [0.717, 1.165) is 53.0 Å². The lowest BCUT2D eigenvalue weighted by Gasteiger charge is -2.18. The van der Waals surface area contributed by atoms with Crippen LogP contribution < -0.4 is 10.1 Å². The number of benzene rings is 3. The van der Waals surface area contributed by atoms with Crippen molar-refractivity contribution < 1.29 is 14.2 Å². The Morgan fingerprint density at radius 3 is 2.59 bits per heavy atom. The van der Waals surface area contributed by atoms with Gasteiger partial charge in [0.25, 0.3) is 0 Å². The van der Waals surface area contributed by atoms with Crippen LogP contribution >= 0.6 is 11.6 Å². The number of nitrogens with one attached hydrogen (secondary N) is 1. The summed E-state index contributed by atoms with van der Waals surface area (Å²) in [5.74, 6) is 0.843. The minimum atomic E-state index is -0.306. The molecule has 3 aromatic carbocycles. The van der Waals surface area contributed by atoms with Crippen molar-refractivity contribution in [1.82, 2.24) is 19.4 Å². The molecule has 2 N–H and O–H groups in total. The van der Waals surface area contributed by atoms with E-state index < -0.39 is 0 Å². The number of anilines is 2. The largest absolute Gasteiger partial charge is 0.487 e. The average molecular weight is 574 g/mol. The monoisotopic (exact) mass is 573 g/mol. The van der Waals surface area contributed by atoms with Gasteiger partial charge in [0.05, 0.1) is 10.5 Å². The molecule has 0 saturated heterocycles. The first kappa shape index (κ1) is 28.5. The number of aromatic nitrogens is 3. The summed E-state index contributed by atoms with van der Waals surface area (Å²) < 4.78 is 21.4. The second-order valence-electron chi connectivity index (χ2n) is 9.76. The third-order valence-corrected chi connectivity index (χ3v) is 7.36. The molecule has 41 heavy (non-hydrogen) atoms. The summed E-state index contributed by atoms with van der Waals surface area (Å²) in [6.07, 6.45) is 6.37. The third-order valence-electron chi connectivity index (χ3n) is 7.07. The van der Waals surface area contributed by atoms with Gasteiger partial charge in [-0.05, 0) is 84.7 Å². The number of rotatable bonds is 12. The van der Waals surface area contributed by atoms with Crippen LogP contribution in [0, 0.1) is 5.82 Å². The van der Waals surface area contributed by atoms with Crippen LogP contribution in [0.5, 0.6) is 5.75 Å². The molecule has 2 heterocycles. The van der Waals surface area contributed by atoms with E-state index in [9.17, 15) is 9.50 Å². The van der Waals surface area contributed by atoms with Gasteiger partial charge in [0, 0.05) is 42.3 Å². The van der Waals surface area contributed by atoms with Crippen molar-refractivity contribution in [2.24, 2.45) is 0 Å². The highest BCUT2D eigenvalue weighted by Crippen LogP contribution is 2.32. The van der Waals surface area contributed by atoms with Crippen molar-refractivity contribution in [2.45, 2.75) is 33.4 Å². The van der Waals surface area contributed by atoms with Crippen LogP contribution in [0.2, 0.25) is 5.02 Å². The van der Waals surface area contributed by atoms with Crippen LogP contribution in [0.3, 0.4) is 0 Å². The predicted octanol–water partition coefficient (Wildman–Crippen LogP) is 6.91. The van der Waals surface area contributed by atoms with Crippen molar-refractivity contribution in [3.63, 3.8) is 0 Å². The Kier molecular flexibility index (Phi) is 9.14. The first-order valence-corrected chi connectivity index (χ1v) is 14.1. The maximum atomic E-state index is 13.5. The van der Waals surface area contributed by atoms with Crippen molar-refractivity contribution in [1.29, 1.82) is 0 Å². The standard InChI is InChI=1S/C32H33ClFN5O2/c1-3-38(4-2)17-24-19-39(18-23(24)12-13-40)27-9-10-30-28(16-27)32(36-21-35-30)37-26-8-11-31(29(33)15-26)41-20-22-6-5-7-25(34)14-22/h5-11,14-16,18-19,21,40H,3-4,12-13,17,20H2,1-2H3,(H,35,36,37). The van der Waals surface area contributed by atoms with Crippen LogP contribution in [-0.4, -0.2) is 44.2 Å². The Morgan fingerprint density at radius 2 is 1.83 bits per heavy atom. The van der Waals surface area contributed by atoms with Crippen molar-refractivity contribution in [3.05, 3.63) is 107 Å². The summed E-state index contributed by atoms with van der Waals surface area (Å²) in [4.78, 5) is 11.3. The predicted molar refractivity (Wildman–Crippen MR) is 162 cm³/mol. The lowest BCUT2D eigenvalue weighted by atomic mass is 10.1. The number of aliphatic hydroxyl groups is 1. The molecule has 0 unspecified atom stereocenters. The summed E-state index contributed by atoms with van der Waals surface area (Å²) in [6, 6.07) is 17.8. The van der Waals surface area contributed by atoms with Gasteiger partial charge in [-0.25, -0.2) is 14.4 Å². The van der Waals surface area contributed by atoms with Crippen molar-refractivity contribution in [2.75, 3.05) is 25.0 Å².